The molecule has 0 radical (unpaired) electrons. The molecule has 1 aliphatic heterocycles. The van der Waals surface area contributed by atoms with E-state index in [0.717, 1.165) is 25.7 Å². The van der Waals surface area contributed by atoms with Crippen molar-refractivity contribution in [3.63, 3.8) is 0 Å². The molecule has 20 heavy (non-hydrogen) atoms. The van der Waals surface area contributed by atoms with Crippen molar-refractivity contribution in [1.82, 2.24) is 5.32 Å². The lowest BCUT2D eigenvalue weighted by Crippen LogP contribution is -2.44. The van der Waals surface area contributed by atoms with Crippen molar-refractivity contribution in [3.05, 3.63) is 35.6 Å². The first kappa shape index (κ1) is 13.5. The van der Waals surface area contributed by atoms with Crippen LogP contribution in [0.1, 0.15) is 36.0 Å². The first-order valence-corrected chi connectivity index (χ1v) is 7.01. The van der Waals surface area contributed by atoms with Crippen LogP contribution in [0, 0.1) is 5.82 Å². The number of hydrogen-bond acceptors (Lipinski definition) is 3. The van der Waals surface area contributed by atoms with E-state index in [1.807, 2.05) is 0 Å². The molecule has 1 amide bonds. The van der Waals surface area contributed by atoms with Gasteiger partial charge in [0.25, 0.3) is 5.91 Å². The summed E-state index contributed by atoms with van der Waals surface area (Å²) in [6, 6.07) is 5.84. The van der Waals surface area contributed by atoms with Crippen LogP contribution < -0.4 is 5.32 Å². The third-order valence-corrected chi connectivity index (χ3v) is 3.98. The Kier molecular flexibility index (Phi) is 3.72. The molecule has 4 nitrogen and oxygen atoms in total. The summed E-state index contributed by atoms with van der Waals surface area (Å²) in [7, 11) is 0. The quantitative estimate of drug-likeness (QED) is 0.903. The highest BCUT2D eigenvalue weighted by Gasteiger charge is 2.40. The van der Waals surface area contributed by atoms with Crippen molar-refractivity contribution in [3.8, 4) is 0 Å². The van der Waals surface area contributed by atoms with Crippen LogP contribution in [-0.4, -0.2) is 30.9 Å². The van der Waals surface area contributed by atoms with Crippen LogP contribution in [0.15, 0.2) is 24.3 Å². The van der Waals surface area contributed by atoms with E-state index in [2.05, 4.69) is 5.32 Å². The Morgan fingerprint density at radius 3 is 2.60 bits per heavy atom. The van der Waals surface area contributed by atoms with Crippen molar-refractivity contribution in [2.45, 2.75) is 37.5 Å². The number of nitrogens with one attached hydrogen (secondary N) is 1. The minimum absolute atomic E-state index is 0.101. The predicted molar refractivity (Wildman–Crippen MR) is 70.8 cm³/mol. The number of benzene rings is 1. The second-order valence-electron chi connectivity index (χ2n) is 5.37. The molecule has 1 aromatic carbocycles. The summed E-state index contributed by atoms with van der Waals surface area (Å²) in [5.41, 5.74) is 0.360. The summed E-state index contributed by atoms with van der Waals surface area (Å²) in [4.78, 5) is 12.0. The summed E-state index contributed by atoms with van der Waals surface area (Å²) >= 11 is 0. The molecular formula is C15H18FNO3. The fraction of sp³-hybridized carbons (Fsp3) is 0.533. The van der Waals surface area contributed by atoms with Gasteiger partial charge in [0.05, 0.1) is 13.2 Å². The maximum Gasteiger partial charge on any atom is 0.251 e. The molecule has 108 valence electrons. The Morgan fingerprint density at radius 2 is 1.95 bits per heavy atom. The smallest absolute Gasteiger partial charge is 0.251 e. The van der Waals surface area contributed by atoms with E-state index >= 15 is 0 Å². The van der Waals surface area contributed by atoms with Gasteiger partial charge in [0.2, 0.25) is 0 Å². The number of ether oxygens (including phenoxy) is 2. The van der Waals surface area contributed by atoms with Gasteiger partial charge in [-0.15, -0.1) is 0 Å². The van der Waals surface area contributed by atoms with E-state index in [1.54, 1.807) is 12.1 Å². The van der Waals surface area contributed by atoms with Crippen molar-refractivity contribution in [2.75, 3.05) is 13.2 Å². The molecular weight excluding hydrogens is 261 g/mol. The summed E-state index contributed by atoms with van der Waals surface area (Å²) in [6.45, 7) is 1.31. The normalized spacial score (nSPS) is 22.1. The van der Waals surface area contributed by atoms with Crippen LogP contribution in [0.25, 0.3) is 0 Å². The minimum atomic E-state index is -0.417. The number of carbonyl (C=O) groups excluding carboxylic acids is 1. The van der Waals surface area contributed by atoms with Gasteiger partial charge in [-0.3, -0.25) is 4.79 Å². The molecule has 1 aromatic rings. The highest BCUT2D eigenvalue weighted by Crippen LogP contribution is 2.35. The maximum absolute atomic E-state index is 13.1. The number of amides is 1. The van der Waals surface area contributed by atoms with Gasteiger partial charge in [-0.1, -0.05) is 6.07 Å². The van der Waals surface area contributed by atoms with Crippen molar-refractivity contribution in [1.29, 1.82) is 0 Å². The lowest BCUT2D eigenvalue weighted by atomic mass is 9.90. The Balaban J connectivity index is 1.55. The average molecular weight is 279 g/mol. The molecule has 2 fully saturated rings. The van der Waals surface area contributed by atoms with E-state index in [1.165, 1.54) is 12.1 Å². The second kappa shape index (κ2) is 5.50. The standard InChI is InChI=1S/C15H18FNO3/c16-12-3-1-2-11(10-12)14(18)17-13-4-6-15(7-5-13)19-8-9-20-15/h1-3,10,13H,4-9H2,(H,17,18). The molecule has 1 heterocycles. The molecule has 1 aliphatic carbocycles. The molecule has 5 heteroatoms. The van der Waals surface area contributed by atoms with Gasteiger partial charge in [0.15, 0.2) is 5.79 Å². The zero-order valence-corrected chi connectivity index (χ0v) is 11.2. The van der Waals surface area contributed by atoms with Crippen LogP contribution in [0.4, 0.5) is 4.39 Å². The van der Waals surface area contributed by atoms with Crippen LogP contribution in [0.2, 0.25) is 0 Å². The zero-order chi connectivity index (χ0) is 14.0. The molecule has 1 spiro atoms. The molecule has 3 rings (SSSR count). The van der Waals surface area contributed by atoms with Crippen molar-refractivity contribution < 1.29 is 18.7 Å². The highest BCUT2D eigenvalue weighted by molar-refractivity contribution is 5.94. The highest BCUT2D eigenvalue weighted by atomic mass is 19.1. The largest absolute Gasteiger partial charge is 0.349 e. The van der Waals surface area contributed by atoms with E-state index in [-0.39, 0.29) is 11.9 Å². The predicted octanol–water partition coefficient (Wildman–Crippen LogP) is 2.24. The van der Waals surface area contributed by atoms with Gasteiger partial charge in [-0.2, -0.15) is 0 Å². The molecule has 0 atom stereocenters. The molecule has 1 saturated heterocycles. The molecule has 1 N–H and O–H groups in total. The summed E-state index contributed by atoms with van der Waals surface area (Å²) in [5, 5.41) is 2.95. The Bertz CT molecular complexity index is 490. The lowest BCUT2D eigenvalue weighted by molar-refractivity contribution is -0.179. The summed E-state index contributed by atoms with van der Waals surface area (Å²) < 4.78 is 24.4. The van der Waals surface area contributed by atoms with E-state index in [4.69, 9.17) is 9.47 Å². The van der Waals surface area contributed by atoms with Crippen LogP contribution in [-0.2, 0) is 9.47 Å². The first-order chi connectivity index (χ1) is 9.67. The van der Waals surface area contributed by atoms with Gasteiger partial charge in [-0.25, -0.2) is 4.39 Å². The molecule has 0 bridgehead atoms. The van der Waals surface area contributed by atoms with Crippen molar-refractivity contribution >= 4 is 5.91 Å². The van der Waals surface area contributed by atoms with Gasteiger partial charge in [-0.05, 0) is 31.0 Å². The Morgan fingerprint density at radius 1 is 1.25 bits per heavy atom. The van der Waals surface area contributed by atoms with E-state index in [0.29, 0.717) is 18.8 Å². The van der Waals surface area contributed by atoms with Crippen molar-refractivity contribution in [2.24, 2.45) is 0 Å². The second-order valence-corrected chi connectivity index (χ2v) is 5.37. The average Bonchev–Trinajstić information content (AvgIpc) is 2.90. The Hall–Kier alpha value is -1.46. The monoisotopic (exact) mass is 279 g/mol. The lowest BCUT2D eigenvalue weighted by Gasteiger charge is -2.35. The fourth-order valence-corrected chi connectivity index (χ4v) is 2.89. The SMILES string of the molecule is O=C(NC1CCC2(CC1)OCCO2)c1cccc(F)c1. The van der Waals surface area contributed by atoms with Gasteiger partial charge < -0.3 is 14.8 Å². The third kappa shape index (κ3) is 2.83. The summed E-state index contributed by atoms with van der Waals surface area (Å²) in [5.74, 6) is -1.04. The van der Waals surface area contributed by atoms with Crippen LogP contribution in [0.5, 0.6) is 0 Å². The Labute approximate surface area is 117 Å². The number of hydrogen-bond donors (Lipinski definition) is 1. The van der Waals surface area contributed by atoms with Crippen LogP contribution >= 0.6 is 0 Å². The molecule has 1 saturated carbocycles. The number of carbonyl (C=O) groups is 1. The van der Waals surface area contributed by atoms with E-state index < -0.39 is 11.6 Å². The number of halogens is 1. The third-order valence-electron chi connectivity index (χ3n) is 3.98. The maximum atomic E-state index is 13.1. The topological polar surface area (TPSA) is 47.6 Å². The molecule has 0 aromatic heterocycles. The zero-order valence-electron chi connectivity index (χ0n) is 11.2. The van der Waals surface area contributed by atoms with Crippen LogP contribution in [0.3, 0.4) is 0 Å². The van der Waals surface area contributed by atoms with E-state index in [9.17, 15) is 9.18 Å². The minimum Gasteiger partial charge on any atom is -0.349 e. The molecule has 0 unspecified atom stereocenters. The summed E-state index contributed by atoms with van der Waals surface area (Å²) in [6.07, 6.45) is 3.23. The van der Waals surface area contributed by atoms with Gasteiger partial charge >= 0.3 is 0 Å². The molecule has 2 aliphatic rings. The fourth-order valence-electron chi connectivity index (χ4n) is 2.89. The number of rotatable bonds is 2. The van der Waals surface area contributed by atoms with Gasteiger partial charge in [0, 0.05) is 24.4 Å². The van der Waals surface area contributed by atoms with Gasteiger partial charge in [0.1, 0.15) is 5.82 Å². The first-order valence-electron chi connectivity index (χ1n) is 7.01.